The number of para-hydroxylation sites is 1. The quantitative estimate of drug-likeness (QED) is 0.652. The summed E-state index contributed by atoms with van der Waals surface area (Å²) in [6, 6.07) is 12.9. The van der Waals surface area contributed by atoms with Crippen molar-refractivity contribution in [3.63, 3.8) is 0 Å². The number of benzene rings is 2. The molecule has 3 N–H and O–H groups in total. The molecule has 0 saturated carbocycles. The third kappa shape index (κ3) is 3.65. The Bertz CT molecular complexity index is 1010. The van der Waals surface area contributed by atoms with Crippen molar-refractivity contribution in [3.05, 3.63) is 59.8 Å². The second kappa shape index (κ2) is 7.15. The number of aromatic amines is 1. The van der Waals surface area contributed by atoms with Crippen molar-refractivity contribution in [2.45, 2.75) is 25.8 Å². The van der Waals surface area contributed by atoms with Gasteiger partial charge >= 0.3 is 0 Å². The lowest BCUT2D eigenvalue weighted by molar-refractivity contribution is -0.125. The van der Waals surface area contributed by atoms with Gasteiger partial charge in [-0.15, -0.1) is 0 Å². The van der Waals surface area contributed by atoms with Gasteiger partial charge in [0.1, 0.15) is 11.8 Å². The zero-order valence-corrected chi connectivity index (χ0v) is 15.0. The van der Waals surface area contributed by atoms with Gasteiger partial charge in [-0.3, -0.25) is 9.59 Å². The summed E-state index contributed by atoms with van der Waals surface area (Å²) in [4.78, 5) is 27.7. The summed E-state index contributed by atoms with van der Waals surface area (Å²) < 4.78 is 5.50. The summed E-state index contributed by atoms with van der Waals surface area (Å²) in [5.74, 6) is 0.386. The molecule has 0 radical (unpaired) electrons. The molecule has 4 rings (SSSR count). The highest BCUT2D eigenvalue weighted by atomic mass is 16.5. The number of rotatable bonds is 5. The Kier molecular flexibility index (Phi) is 4.54. The maximum atomic E-state index is 12.8. The van der Waals surface area contributed by atoms with Gasteiger partial charge in [-0.2, -0.15) is 0 Å². The van der Waals surface area contributed by atoms with Crippen LogP contribution in [0.2, 0.25) is 0 Å². The van der Waals surface area contributed by atoms with E-state index < -0.39 is 6.04 Å². The Balaban J connectivity index is 1.54. The zero-order chi connectivity index (χ0) is 18.8. The van der Waals surface area contributed by atoms with Crippen LogP contribution in [0.3, 0.4) is 0 Å². The largest absolute Gasteiger partial charge is 0.493 e. The van der Waals surface area contributed by atoms with Crippen molar-refractivity contribution in [2.24, 2.45) is 0 Å². The van der Waals surface area contributed by atoms with Crippen LogP contribution < -0.4 is 15.4 Å². The minimum Gasteiger partial charge on any atom is -0.493 e. The second-order valence-corrected chi connectivity index (χ2v) is 6.73. The molecule has 2 aromatic carbocycles. The average Bonchev–Trinajstić information content (AvgIpc) is 3.27. The van der Waals surface area contributed by atoms with E-state index in [-0.39, 0.29) is 11.8 Å². The highest BCUT2D eigenvalue weighted by Gasteiger charge is 2.22. The molecule has 0 saturated heterocycles. The second-order valence-electron chi connectivity index (χ2n) is 6.73. The summed E-state index contributed by atoms with van der Waals surface area (Å²) in [5.41, 5.74) is 3.79. The molecule has 0 spiro atoms. The summed E-state index contributed by atoms with van der Waals surface area (Å²) in [7, 11) is 0. The van der Waals surface area contributed by atoms with E-state index in [2.05, 4.69) is 15.6 Å². The molecular weight excluding hydrogens is 342 g/mol. The number of hydrogen-bond acceptors (Lipinski definition) is 3. The number of fused-ring (bicyclic) bond motifs is 2. The fraction of sp³-hybridized carbons (Fsp3) is 0.238. The Morgan fingerprint density at radius 1 is 1.22 bits per heavy atom. The van der Waals surface area contributed by atoms with Crippen LogP contribution in [0.25, 0.3) is 10.9 Å². The summed E-state index contributed by atoms with van der Waals surface area (Å²) >= 11 is 0. The van der Waals surface area contributed by atoms with Crippen molar-refractivity contribution in [3.8, 4) is 5.75 Å². The molecule has 0 bridgehead atoms. The first-order valence-corrected chi connectivity index (χ1v) is 8.99. The fourth-order valence-corrected chi connectivity index (χ4v) is 3.47. The van der Waals surface area contributed by atoms with E-state index in [0.717, 1.165) is 34.2 Å². The Morgan fingerprint density at radius 2 is 2.07 bits per heavy atom. The van der Waals surface area contributed by atoms with Gasteiger partial charge in [0.2, 0.25) is 11.8 Å². The normalized spacial score (nSPS) is 13.7. The van der Waals surface area contributed by atoms with Gasteiger partial charge in [-0.25, -0.2) is 0 Å². The van der Waals surface area contributed by atoms with Crippen molar-refractivity contribution >= 4 is 28.4 Å². The van der Waals surface area contributed by atoms with Crippen LogP contribution in [0.5, 0.6) is 5.75 Å². The maximum Gasteiger partial charge on any atom is 0.247 e. The molecule has 1 unspecified atom stereocenters. The lowest BCUT2D eigenvalue weighted by atomic mass is 10.0. The van der Waals surface area contributed by atoms with Crippen LogP contribution in [0.4, 0.5) is 5.69 Å². The number of carbonyl (C=O) groups excluding carboxylic acids is 2. The third-order valence-electron chi connectivity index (χ3n) is 4.75. The number of H-pyrrole nitrogens is 1. The van der Waals surface area contributed by atoms with Gasteiger partial charge in [0.25, 0.3) is 0 Å². The van der Waals surface area contributed by atoms with Crippen LogP contribution in [0, 0.1) is 0 Å². The molecule has 0 fully saturated rings. The van der Waals surface area contributed by atoms with Gasteiger partial charge in [-0.05, 0) is 35.4 Å². The minimum absolute atomic E-state index is 0.239. The summed E-state index contributed by atoms with van der Waals surface area (Å²) in [6.45, 7) is 2.09. The minimum atomic E-state index is -0.661. The summed E-state index contributed by atoms with van der Waals surface area (Å²) in [6.07, 6.45) is 3.13. The standard InChI is InChI=1S/C21H21N3O3/c1-13(25)23-19(11-15-12-22-18-5-3-2-4-17(15)18)21(26)24-16-6-7-20-14(10-16)8-9-27-20/h2-7,10,12,19,22H,8-9,11H2,1H3,(H,23,25)(H,24,26). The molecule has 27 heavy (non-hydrogen) atoms. The van der Waals surface area contributed by atoms with E-state index in [1.54, 1.807) is 0 Å². The van der Waals surface area contributed by atoms with E-state index >= 15 is 0 Å². The summed E-state index contributed by atoms with van der Waals surface area (Å²) in [5, 5.41) is 6.74. The van der Waals surface area contributed by atoms with Crippen LogP contribution in [0.15, 0.2) is 48.7 Å². The molecule has 138 valence electrons. The van der Waals surface area contributed by atoms with E-state index in [1.165, 1.54) is 6.92 Å². The van der Waals surface area contributed by atoms with E-state index in [4.69, 9.17) is 4.74 Å². The SMILES string of the molecule is CC(=O)NC(Cc1c[nH]c2ccccc12)C(=O)Nc1ccc2c(c1)CCO2. The Morgan fingerprint density at radius 3 is 2.93 bits per heavy atom. The van der Waals surface area contributed by atoms with Crippen molar-refractivity contribution in [2.75, 3.05) is 11.9 Å². The molecule has 1 aromatic heterocycles. The highest BCUT2D eigenvalue weighted by Crippen LogP contribution is 2.28. The van der Waals surface area contributed by atoms with Gasteiger partial charge in [-0.1, -0.05) is 18.2 Å². The number of ether oxygens (including phenoxy) is 1. The number of hydrogen-bond donors (Lipinski definition) is 3. The first-order chi connectivity index (χ1) is 13.1. The zero-order valence-electron chi connectivity index (χ0n) is 15.0. The van der Waals surface area contributed by atoms with Crippen LogP contribution in [0.1, 0.15) is 18.1 Å². The van der Waals surface area contributed by atoms with Crippen molar-refractivity contribution in [1.82, 2.24) is 10.3 Å². The lowest BCUT2D eigenvalue weighted by Crippen LogP contribution is -2.44. The van der Waals surface area contributed by atoms with Gasteiger partial charge in [0.15, 0.2) is 0 Å². The number of aromatic nitrogens is 1. The first-order valence-electron chi connectivity index (χ1n) is 8.99. The molecule has 1 atom stereocenters. The molecule has 3 aromatic rings. The molecule has 2 amide bonds. The molecule has 1 aliphatic heterocycles. The molecule has 1 aliphatic rings. The molecule has 6 nitrogen and oxygen atoms in total. The van der Waals surface area contributed by atoms with Crippen molar-refractivity contribution in [1.29, 1.82) is 0 Å². The van der Waals surface area contributed by atoms with Crippen LogP contribution in [-0.2, 0) is 22.4 Å². The fourth-order valence-electron chi connectivity index (χ4n) is 3.47. The number of nitrogens with one attached hydrogen (secondary N) is 3. The highest BCUT2D eigenvalue weighted by molar-refractivity contribution is 5.97. The molecule has 2 heterocycles. The molecular formula is C21H21N3O3. The van der Waals surface area contributed by atoms with E-state index in [9.17, 15) is 9.59 Å². The smallest absolute Gasteiger partial charge is 0.247 e. The number of anilines is 1. The van der Waals surface area contributed by atoms with Gasteiger partial charge < -0.3 is 20.4 Å². The molecule has 0 aliphatic carbocycles. The van der Waals surface area contributed by atoms with Crippen LogP contribution >= 0.6 is 0 Å². The average molecular weight is 363 g/mol. The predicted octanol–water partition coefficient (Wildman–Crippen LogP) is 2.79. The number of amides is 2. The maximum absolute atomic E-state index is 12.8. The lowest BCUT2D eigenvalue weighted by Gasteiger charge is -2.18. The van der Waals surface area contributed by atoms with E-state index in [1.807, 2.05) is 48.7 Å². The monoisotopic (exact) mass is 363 g/mol. The third-order valence-corrected chi connectivity index (χ3v) is 4.75. The first kappa shape index (κ1) is 17.1. The van der Waals surface area contributed by atoms with Gasteiger partial charge in [0, 0.05) is 42.6 Å². The topological polar surface area (TPSA) is 83.2 Å². The Labute approximate surface area is 156 Å². The van der Waals surface area contributed by atoms with Crippen LogP contribution in [-0.4, -0.2) is 29.4 Å². The Hall–Kier alpha value is -3.28. The van der Waals surface area contributed by atoms with E-state index in [0.29, 0.717) is 18.7 Å². The van der Waals surface area contributed by atoms with Crippen molar-refractivity contribution < 1.29 is 14.3 Å². The predicted molar refractivity (Wildman–Crippen MR) is 104 cm³/mol. The molecule has 6 heteroatoms. The van der Waals surface area contributed by atoms with Gasteiger partial charge in [0.05, 0.1) is 6.61 Å². The number of carbonyl (C=O) groups is 2.